The fourth-order valence-electron chi connectivity index (χ4n) is 2.53. The summed E-state index contributed by atoms with van der Waals surface area (Å²) in [5.74, 6) is 0.489. The first-order valence-corrected chi connectivity index (χ1v) is 8.60. The lowest BCUT2D eigenvalue weighted by molar-refractivity contribution is 0.305. The smallest absolute Gasteiger partial charge is 0.0947 e. The van der Waals surface area contributed by atoms with Crippen molar-refractivity contribution in [2.75, 3.05) is 20.1 Å². The largest absolute Gasteiger partial charge is 0.387 e. The molecule has 0 aliphatic heterocycles. The predicted octanol–water partition coefficient (Wildman–Crippen LogP) is 4.41. The van der Waals surface area contributed by atoms with Gasteiger partial charge in [-0.05, 0) is 20.0 Å². The topological polar surface area (TPSA) is 53.1 Å². The minimum Gasteiger partial charge on any atom is -0.387 e. The Hall–Kier alpha value is -0.570. The summed E-state index contributed by atoms with van der Waals surface area (Å²) in [6, 6.07) is 0. The first-order valence-electron chi connectivity index (χ1n) is 8.60. The lowest BCUT2D eigenvalue weighted by Gasteiger charge is -2.20. The standard InChI is InChI=1S/C17H37N3/c1-4-5-6-7-8-9-10-11-12-13-14-20(3)15-16(2)17(18)19/h16H,4-15H2,1-3H3,(H3,18,19). The Labute approximate surface area is 126 Å². The molecule has 0 rings (SSSR count). The number of unbranched alkanes of at least 4 members (excludes halogenated alkanes) is 9. The van der Waals surface area contributed by atoms with Crippen molar-refractivity contribution in [2.45, 2.75) is 78.1 Å². The van der Waals surface area contributed by atoms with Gasteiger partial charge < -0.3 is 10.6 Å². The van der Waals surface area contributed by atoms with Crippen LogP contribution in [0.25, 0.3) is 0 Å². The molecule has 1 atom stereocenters. The van der Waals surface area contributed by atoms with E-state index >= 15 is 0 Å². The summed E-state index contributed by atoms with van der Waals surface area (Å²) in [5, 5.41) is 7.39. The highest BCUT2D eigenvalue weighted by Gasteiger charge is 2.08. The van der Waals surface area contributed by atoms with E-state index < -0.39 is 0 Å². The predicted molar refractivity (Wildman–Crippen MR) is 90.4 cm³/mol. The fraction of sp³-hybridized carbons (Fsp3) is 0.941. The SMILES string of the molecule is CCCCCCCCCCCCN(C)CC(C)C(=N)N. The minimum atomic E-state index is 0.183. The van der Waals surface area contributed by atoms with Gasteiger partial charge in [-0.3, -0.25) is 5.41 Å². The first kappa shape index (κ1) is 19.4. The second-order valence-corrected chi connectivity index (χ2v) is 6.30. The van der Waals surface area contributed by atoms with Crippen molar-refractivity contribution in [3.8, 4) is 0 Å². The van der Waals surface area contributed by atoms with Crippen LogP contribution in [0.1, 0.15) is 78.1 Å². The van der Waals surface area contributed by atoms with E-state index in [0.717, 1.165) is 13.1 Å². The molecule has 0 aliphatic carbocycles. The molecular weight excluding hydrogens is 246 g/mol. The quantitative estimate of drug-likeness (QED) is 0.282. The second kappa shape index (κ2) is 13.4. The normalized spacial score (nSPS) is 12.8. The average molecular weight is 284 g/mol. The summed E-state index contributed by atoms with van der Waals surface area (Å²) >= 11 is 0. The third-order valence-corrected chi connectivity index (χ3v) is 4.01. The molecule has 0 aromatic heterocycles. The highest BCUT2D eigenvalue weighted by molar-refractivity contribution is 5.79. The summed E-state index contributed by atoms with van der Waals surface area (Å²) in [5.41, 5.74) is 5.49. The van der Waals surface area contributed by atoms with Crippen molar-refractivity contribution in [1.82, 2.24) is 4.90 Å². The minimum absolute atomic E-state index is 0.183. The Morgan fingerprint density at radius 1 is 0.950 bits per heavy atom. The van der Waals surface area contributed by atoms with Crippen molar-refractivity contribution in [3.05, 3.63) is 0 Å². The molecule has 0 radical (unpaired) electrons. The van der Waals surface area contributed by atoms with E-state index in [4.69, 9.17) is 11.1 Å². The summed E-state index contributed by atoms with van der Waals surface area (Å²) in [6.45, 7) is 6.34. The maximum absolute atomic E-state index is 7.39. The van der Waals surface area contributed by atoms with Crippen molar-refractivity contribution >= 4 is 5.84 Å². The van der Waals surface area contributed by atoms with Crippen LogP contribution in [0, 0.1) is 11.3 Å². The zero-order valence-corrected chi connectivity index (χ0v) is 14.1. The van der Waals surface area contributed by atoms with Crippen LogP contribution in [-0.2, 0) is 0 Å². The monoisotopic (exact) mass is 283 g/mol. The zero-order chi connectivity index (χ0) is 15.2. The fourth-order valence-corrected chi connectivity index (χ4v) is 2.53. The molecule has 0 saturated carbocycles. The molecular formula is C17H37N3. The van der Waals surface area contributed by atoms with E-state index in [2.05, 4.69) is 18.9 Å². The second-order valence-electron chi connectivity index (χ2n) is 6.30. The van der Waals surface area contributed by atoms with Gasteiger partial charge in [0.2, 0.25) is 0 Å². The lowest BCUT2D eigenvalue weighted by Crippen LogP contribution is -2.32. The van der Waals surface area contributed by atoms with Crippen LogP contribution in [0.15, 0.2) is 0 Å². The van der Waals surface area contributed by atoms with Gasteiger partial charge in [-0.2, -0.15) is 0 Å². The Bertz CT molecular complexity index is 228. The van der Waals surface area contributed by atoms with Gasteiger partial charge in [0.05, 0.1) is 5.84 Å². The molecule has 1 unspecified atom stereocenters. The molecule has 0 aliphatic rings. The van der Waals surface area contributed by atoms with Crippen LogP contribution in [-0.4, -0.2) is 30.9 Å². The van der Waals surface area contributed by atoms with E-state index in [1.54, 1.807) is 0 Å². The maximum Gasteiger partial charge on any atom is 0.0947 e. The highest BCUT2D eigenvalue weighted by atomic mass is 15.1. The van der Waals surface area contributed by atoms with Gasteiger partial charge in [-0.1, -0.05) is 71.6 Å². The van der Waals surface area contributed by atoms with Crippen LogP contribution in [0.5, 0.6) is 0 Å². The highest BCUT2D eigenvalue weighted by Crippen LogP contribution is 2.10. The molecule has 3 nitrogen and oxygen atoms in total. The van der Waals surface area contributed by atoms with E-state index in [-0.39, 0.29) is 5.92 Å². The summed E-state index contributed by atoms with van der Waals surface area (Å²) in [7, 11) is 2.13. The Kier molecular flexibility index (Phi) is 13.0. The zero-order valence-electron chi connectivity index (χ0n) is 14.1. The van der Waals surface area contributed by atoms with Gasteiger partial charge in [0.15, 0.2) is 0 Å². The molecule has 0 heterocycles. The molecule has 0 aromatic rings. The number of nitrogens with two attached hydrogens (primary N) is 1. The molecule has 0 amide bonds. The van der Waals surface area contributed by atoms with Gasteiger partial charge in [-0.25, -0.2) is 0 Å². The van der Waals surface area contributed by atoms with Crippen molar-refractivity contribution < 1.29 is 0 Å². The van der Waals surface area contributed by atoms with Crippen LogP contribution in [0.4, 0.5) is 0 Å². The number of amidine groups is 1. The Morgan fingerprint density at radius 2 is 1.40 bits per heavy atom. The van der Waals surface area contributed by atoms with Gasteiger partial charge in [0, 0.05) is 12.5 Å². The van der Waals surface area contributed by atoms with E-state index in [0.29, 0.717) is 5.84 Å². The molecule has 0 spiro atoms. The third kappa shape index (κ3) is 12.5. The van der Waals surface area contributed by atoms with Gasteiger partial charge >= 0.3 is 0 Å². The Morgan fingerprint density at radius 3 is 1.85 bits per heavy atom. The van der Waals surface area contributed by atoms with E-state index in [9.17, 15) is 0 Å². The van der Waals surface area contributed by atoms with Crippen molar-refractivity contribution in [1.29, 1.82) is 5.41 Å². The summed E-state index contributed by atoms with van der Waals surface area (Å²) in [6.07, 6.45) is 13.8. The average Bonchev–Trinajstić information content (AvgIpc) is 2.40. The van der Waals surface area contributed by atoms with Gasteiger partial charge in [0.25, 0.3) is 0 Å². The molecule has 0 saturated heterocycles. The number of nitrogens with one attached hydrogen (secondary N) is 1. The van der Waals surface area contributed by atoms with Crippen LogP contribution in [0.2, 0.25) is 0 Å². The van der Waals surface area contributed by atoms with Crippen molar-refractivity contribution in [3.63, 3.8) is 0 Å². The van der Waals surface area contributed by atoms with E-state index in [1.165, 1.54) is 64.2 Å². The van der Waals surface area contributed by atoms with Crippen LogP contribution < -0.4 is 5.73 Å². The number of hydrogen-bond donors (Lipinski definition) is 2. The number of nitrogens with zero attached hydrogens (tertiary/aromatic N) is 1. The van der Waals surface area contributed by atoms with Crippen LogP contribution >= 0.6 is 0 Å². The lowest BCUT2D eigenvalue weighted by atomic mass is 10.1. The molecule has 0 bridgehead atoms. The first-order chi connectivity index (χ1) is 9.57. The van der Waals surface area contributed by atoms with Crippen molar-refractivity contribution in [2.24, 2.45) is 11.7 Å². The maximum atomic E-state index is 7.39. The van der Waals surface area contributed by atoms with E-state index in [1.807, 2.05) is 6.92 Å². The Balaban J connectivity index is 3.25. The number of hydrogen-bond acceptors (Lipinski definition) is 2. The molecule has 0 fully saturated rings. The van der Waals surface area contributed by atoms with Crippen LogP contribution in [0.3, 0.4) is 0 Å². The third-order valence-electron chi connectivity index (χ3n) is 4.01. The molecule has 120 valence electrons. The van der Waals surface area contributed by atoms with Gasteiger partial charge in [0.1, 0.15) is 0 Å². The number of rotatable bonds is 14. The summed E-state index contributed by atoms with van der Waals surface area (Å²) < 4.78 is 0. The molecule has 3 heteroatoms. The van der Waals surface area contributed by atoms with Gasteiger partial charge in [-0.15, -0.1) is 0 Å². The molecule has 0 aromatic carbocycles. The summed E-state index contributed by atoms with van der Waals surface area (Å²) in [4.78, 5) is 2.30. The molecule has 3 N–H and O–H groups in total. The molecule has 20 heavy (non-hydrogen) atoms.